The fourth-order valence-electron chi connectivity index (χ4n) is 1.59. The Morgan fingerprint density at radius 2 is 2.10 bits per heavy atom. The lowest BCUT2D eigenvalue weighted by molar-refractivity contribution is 0.131. The van der Waals surface area contributed by atoms with Crippen molar-refractivity contribution in [2.24, 2.45) is 15.3 Å². The van der Waals surface area contributed by atoms with Gasteiger partial charge in [0.05, 0.1) is 7.11 Å². The molecule has 1 aromatic rings. The van der Waals surface area contributed by atoms with Crippen LogP contribution >= 0.6 is 0 Å². The van der Waals surface area contributed by atoms with E-state index in [1.54, 1.807) is 25.4 Å². The maximum atomic E-state index is 8.72. The highest BCUT2D eigenvalue weighted by atomic mass is 16.6. The molecule has 0 saturated carbocycles. The van der Waals surface area contributed by atoms with E-state index >= 15 is 0 Å². The van der Waals surface area contributed by atoms with Crippen molar-refractivity contribution in [3.05, 3.63) is 35.4 Å². The first kappa shape index (κ1) is 16.2. The van der Waals surface area contributed by atoms with Gasteiger partial charge >= 0.3 is 0 Å². The molecule has 0 atom stereocenters. The van der Waals surface area contributed by atoms with Crippen molar-refractivity contribution >= 4 is 17.8 Å². The Kier molecular flexibility index (Phi) is 7.00. The third-order valence-corrected chi connectivity index (χ3v) is 2.40. The van der Waals surface area contributed by atoms with E-state index in [-0.39, 0.29) is 12.5 Å². The summed E-state index contributed by atoms with van der Waals surface area (Å²) in [5.41, 5.74) is 1.80. The first-order valence-electron chi connectivity index (χ1n) is 6.09. The van der Waals surface area contributed by atoms with Gasteiger partial charge in [-0.15, -0.1) is 4.99 Å². The van der Waals surface area contributed by atoms with Crippen LogP contribution in [0.15, 0.2) is 39.6 Å². The Bertz CT molecular complexity index is 588. The second-order valence-electron chi connectivity index (χ2n) is 3.64. The van der Waals surface area contributed by atoms with Gasteiger partial charge in [0.1, 0.15) is 13.7 Å². The van der Waals surface area contributed by atoms with Gasteiger partial charge in [0, 0.05) is 17.3 Å². The van der Waals surface area contributed by atoms with Crippen LogP contribution in [0.4, 0.5) is 0 Å². The van der Waals surface area contributed by atoms with E-state index in [4.69, 9.17) is 19.7 Å². The number of hydrogen-bond donors (Lipinski definition) is 0. The topological polar surface area (TPSA) is 88.6 Å². The van der Waals surface area contributed by atoms with Gasteiger partial charge in [-0.25, -0.2) is 0 Å². The number of benzene rings is 1. The molecule has 0 saturated heterocycles. The summed E-state index contributed by atoms with van der Waals surface area (Å²) in [5.74, 6) is 0.0609. The predicted molar refractivity (Wildman–Crippen MR) is 79.0 cm³/mol. The molecule has 0 amide bonds. The Labute approximate surface area is 123 Å². The fraction of sp³-hybridized carbons (Fsp3) is 0.286. The largest absolute Gasteiger partial charge is 0.479 e. The van der Waals surface area contributed by atoms with Crippen LogP contribution in [0.2, 0.25) is 0 Å². The molecule has 0 spiro atoms. The lowest BCUT2D eigenvalue weighted by Crippen LogP contribution is -2.20. The molecule has 0 aliphatic carbocycles. The van der Waals surface area contributed by atoms with Crippen LogP contribution in [0, 0.1) is 11.5 Å². The minimum absolute atomic E-state index is 0.0609. The van der Waals surface area contributed by atoms with Crippen molar-refractivity contribution in [3.8, 4) is 6.19 Å². The molecule has 110 valence electrons. The number of nitrogens with zero attached hydrogens (tertiary/aromatic N) is 4. The van der Waals surface area contributed by atoms with Crippen molar-refractivity contribution in [2.75, 3.05) is 14.2 Å². The van der Waals surface area contributed by atoms with E-state index in [0.717, 1.165) is 5.56 Å². The number of nitriles is 1. The zero-order valence-corrected chi connectivity index (χ0v) is 12.1. The maximum Gasteiger partial charge on any atom is 0.254 e. The van der Waals surface area contributed by atoms with Crippen molar-refractivity contribution in [2.45, 2.75) is 13.5 Å². The molecule has 21 heavy (non-hydrogen) atoms. The van der Waals surface area contributed by atoms with Gasteiger partial charge in [0.2, 0.25) is 6.19 Å². The second-order valence-corrected chi connectivity index (χ2v) is 3.64. The van der Waals surface area contributed by atoms with Crippen LogP contribution in [0.25, 0.3) is 0 Å². The van der Waals surface area contributed by atoms with E-state index in [2.05, 4.69) is 15.3 Å². The first-order chi connectivity index (χ1) is 10.3. The SMILES string of the molecule is C/C=N\OCc1ccccc1/C(=N\OC)C(=NC#N)OC. The van der Waals surface area contributed by atoms with Gasteiger partial charge in [0.15, 0.2) is 5.71 Å². The fourth-order valence-corrected chi connectivity index (χ4v) is 1.59. The molecule has 1 rings (SSSR count). The van der Waals surface area contributed by atoms with E-state index in [0.29, 0.717) is 11.3 Å². The van der Waals surface area contributed by atoms with Crippen LogP contribution in [-0.2, 0) is 21.0 Å². The summed E-state index contributed by atoms with van der Waals surface area (Å²) in [7, 11) is 2.81. The minimum Gasteiger partial charge on any atom is -0.479 e. The zero-order chi connectivity index (χ0) is 15.5. The van der Waals surface area contributed by atoms with E-state index in [1.807, 2.05) is 18.2 Å². The van der Waals surface area contributed by atoms with Gasteiger partial charge in [-0.1, -0.05) is 34.6 Å². The molecule has 0 heterocycles. The van der Waals surface area contributed by atoms with Crippen molar-refractivity contribution in [3.63, 3.8) is 0 Å². The molecule has 0 aliphatic heterocycles. The number of aliphatic imine (C=N–C) groups is 1. The predicted octanol–water partition coefficient (Wildman–Crippen LogP) is 2.09. The molecular formula is C14H16N4O3. The summed E-state index contributed by atoms with van der Waals surface area (Å²) < 4.78 is 5.09. The van der Waals surface area contributed by atoms with Crippen molar-refractivity contribution in [1.82, 2.24) is 0 Å². The molecule has 0 aromatic heterocycles. The number of ether oxygens (including phenoxy) is 1. The quantitative estimate of drug-likeness (QED) is 0.347. The lowest BCUT2D eigenvalue weighted by atomic mass is 10.0. The highest BCUT2D eigenvalue weighted by molar-refractivity contribution is 6.45. The van der Waals surface area contributed by atoms with Gasteiger partial charge in [-0.3, -0.25) is 0 Å². The minimum atomic E-state index is 0.0609. The van der Waals surface area contributed by atoms with Crippen molar-refractivity contribution in [1.29, 1.82) is 5.26 Å². The molecule has 0 fully saturated rings. The molecule has 1 aromatic carbocycles. The normalized spacial score (nSPS) is 12.1. The van der Waals surface area contributed by atoms with Crippen molar-refractivity contribution < 1.29 is 14.4 Å². The van der Waals surface area contributed by atoms with Gasteiger partial charge < -0.3 is 14.4 Å². The second kappa shape index (κ2) is 9.09. The molecule has 0 bridgehead atoms. The summed E-state index contributed by atoms with van der Waals surface area (Å²) in [6, 6.07) is 7.34. The molecule has 0 N–H and O–H groups in total. The van der Waals surface area contributed by atoms with E-state index in [1.165, 1.54) is 14.2 Å². The van der Waals surface area contributed by atoms with Crippen LogP contribution in [0.1, 0.15) is 18.1 Å². The Hall–Kier alpha value is -2.88. The molecule has 0 radical (unpaired) electrons. The zero-order valence-electron chi connectivity index (χ0n) is 12.1. The summed E-state index contributed by atoms with van der Waals surface area (Å²) in [6.45, 7) is 2.00. The molecule has 7 heteroatoms. The van der Waals surface area contributed by atoms with Crippen LogP contribution in [0.5, 0.6) is 0 Å². The van der Waals surface area contributed by atoms with Crippen LogP contribution in [0.3, 0.4) is 0 Å². The summed E-state index contributed by atoms with van der Waals surface area (Å²) >= 11 is 0. The third kappa shape index (κ3) is 4.62. The molecule has 0 unspecified atom stereocenters. The summed E-state index contributed by atoms with van der Waals surface area (Å²) in [6.07, 6.45) is 3.22. The van der Waals surface area contributed by atoms with E-state index in [9.17, 15) is 0 Å². The number of hydrogen-bond acceptors (Lipinski definition) is 7. The highest BCUT2D eigenvalue weighted by Gasteiger charge is 2.17. The van der Waals surface area contributed by atoms with Gasteiger partial charge in [0.25, 0.3) is 5.90 Å². The number of oxime groups is 2. The average Bonchev–Trinajstić information content (AvgIpc) is 2.52. The molecule has 7 nitrogen and oxygen atoms in total. The van der Waals surface area contributed by atoms with Gasteiger partial charge in [-0.2, -0.15) is 5.26 Å². The van der Waals surface area contributed by atoms with Gasteiger partial charge in [-0.05, 0) is 6.92 Å². The Morgan fingerprint density at radius 1 is 1.33 bits per heavy atom. The average molecular weight is 288 g/mol. The number of methoxy groups -OCH3 is 1. The van der Waals surface area contributed by atoms with Crippen LogP contribution < -0.4 is 0 Å². The third-order valence-electron chi connectivity index (χ3n) is 2.40. The lowest BCUT2D eigenvalue weighted by Gasteiger charge is -2.11. The molecular weight excluding hydrogens is 272 g/mol. The van der Waals surface area contributed by atoms with Crippen LogP contribution in [-0.4, -0.2) is 32.0 Å². The smallest absolute Gasteiger partial charge is 0.254 e. The Balaban J connectivity index is 3.23. The number of rotatable bonds is 6. The Morgan fingerprint density at radius 3 is 2.71 bits per heavy atom. The highest BCUT2D eigenvalue weighted by Crippen LogP contribution is 2.13. The summed E-state index contributed by atoms with van der Waals surface area (Å²) in [5, 5.41) is 16.3. The van der Waals surface area contributed by atoms with E-state index < -0.39 is 0 Å². The standard InChI is InChI=1S/C14H16N4O3/c1-4-17-21-9-11-7-5-6-8-12(11)13(18-20-3)14(19-2)16-10-15/h4-8H,9H2,1-3H3/b16-14?,17-4-,18-13+. The maximum absolute atomic E-state index is 8.72. The monoisotopic (exact) mass is 288 g/mol. The first-order valence-corrected chi connectivity index (χ1v) is 6.09. The summed E-state index contributed by atoms with van der Waals surface area (Å²) in [4.78, 5) is 13.5. The molecule has 0 aliphatic rings.